The van der Waals surface area contributed by atoms with Crippen molar-refractivity contribution >= 4 is 0 Å². The van der Waals surface area contributed by atoms with Crippen LogP contribution in [0.25, 0.3) is 0 Å². The van der Waals surface area contributed by atoms with Crippen LogP contribution in [0.3, 0.4) is 0 Å². The molecule has 1 aliphatic carbocycles. The number of furan rings is 1. The smallest absolute Gasteiger partial charge is 0.157 e. The molecule has 0 amide bonds. The Labute approximate surface area is 119 Å². The topological polar surface area (TPSA) is 34.4 Å². The first kappa shape index (κ1) is 13.3. The largest absolute Gasteiger partial charge is 0.482 e. The molecule has 0 fully saturated rings. The van der Waals surface area contributed by atoms with Crippen molar-refractivity contribution in [2.45, 2.75) is 31.8 Å². The second kappa shape index (κ2) is 6.14. The average Bonchev–Trinajstić information content (AvgIpc) is 3.14. The first-order chi connectivity index (χ1) is 9.88. The van der Waals surface area contributed by atoms with Crippen molar-refractivity contribution in [1.82, 2.24) is 5.32 Å². The van der Waals surface area contributed by atoms with Gasteiger partial charge in [0.25, 0.3) is 0 Å². The fraction of sp³-hybridized carbons (Fsp3) is 0.412. The molecule has 0 spiro atoms. The minimum Gasteiger partial charge on any atom is -0.482 e. The monoisotopic (exact) mass is 271 g/mol. The van der Waals surface area contributed by atoms with E-state index >= 15 is 0 Å². The number of rotatable bonds is 6. The van der Waals surface area contributed by atoms with Crippen LogP contribution in [-0.4, -0.2) is 13.6 Å². The van der Waals surface area contributed by atoms with Gasteiger partial charge in [0.1, 0.15) is 11.5 Å². The van der Waals surface area contributed by atoms with E-state index < -0.39 is 0 Å². The van der Waals surface area contributed by atoms with Crippen molar-refractivity contribution in [3.8, 4) is 5.75 Å². The van der Waals surface area contributed by atoms with E-state index in [0.29, 0.717) is 0 Å². The Morgan fingerprint density at radius 2 is 2.20 bits per heavy atom. The molecule has 3 heteroatoms. The maximum atomic E-state index is 6.27. The molecule has 0 aliphatic heterocycles. The molecular weight excluding hydrogens is 250 g/mol. The minimum absolute atomic E-state index is 0.0236. The second-order valence-electron chi connectivity index (χ2n) is 5.26. The number of nitrogens with one attached hydrogen (secondary N) is 1. The Bertz CT molecular complexity index is 548. The van der Waals surface area contributed by atoms with Crippen molar-refractivity contribution in [3.05, 3.63) is 53.5 Å². The molecule has 0 radical (unpaired) electrons. The van der Waals surface area contributed by atoms with Gasteiger partial charge in [-0.2, -0.15) is 0 Å². The van der Waals surface area contributed by atoms with Gasteiger partial charge < -0.3 is 14.5 Å². The van der Waals surface area contributed by atoms with Gasteiger partial charge in [0.05, 0.1) is 6.26 Å². The molecule has 3 rings (SSSR count). The van der Waals surface area contributed by atoms with Crippen LogP contribution in [-0.2, 0) is 12.8 Å². The predicted molar refractivity (Wildman–Crippen MR) is 79.1 cm³/mol. The third kappa shape index (κ3) is 2.73. The number of benzene rings is 1. The number of fused-ring (bicyclic) bond motifs is 1. The van der Waals surface area contributed by atoms with Gasteiger partial charge in [-0.05, 0) is 62.2 Å². The molecule has 1 aromatic carbocycles. The van der Waals surface area contributed by atoms with Crippen molar-refractivity contribution in [3.63, 3.8) is 0 Å². The maximum absolute atomic E-state index is 6.27. The van der Waals surface area contributed by atoms with Gasteiger partial charge in [-0.15, -0.1) is 0 Å². The summed E-state index contributed by atoms with van der Waals surface area (Å²) in [5.41, 5.74) is 2.82. The first-order valence-corrected chi connectivity index (χ1v) is 7.34. The lowest BCUT2D eigenvalue weighted by Crippen LogP contribution is -2.16. The zero-order chi connectivity index (χ0) is 13.8. The third-order valence-electron chi connectivity index (χ3n) is 3.89. The fourth-order valence-electron chi connectivity index (χ4n) is 2.86. The number of aryl methyl sites for hydroxylation is 1. The normalized spacial score (nSPS) is 15.1. The van der Waals surface area contributed by atoms with Gasteiger partial charge >= 0.3 is 0 Å². The quantitative estimate of drug-likeness (QED) is 0.873. The Kier molecular flexibility index (Phi) is 4.07. The van der Waals surface area contributed by atoms with Crippen LogP contribution in [0.15, 0.2) is 41.0 Å². The van der Waals surface area contributed by atoms with E-state index in [-0.39, 0.29) is 6.10 Å². The van der Waals surface area contributed by atoms with E-state index in [4.69, 9.17) is 9.15 Å². The summed E-state index contributed by atoms with van der Waals surface area (Å²) in [6.07, 6.45) is 6.12. The molecule has 3 nitrogen and oxygen atoms in total. The molecule has 2 aromatic rings. The standard InChI is InChI=1S/C17H21NO2/c1-18-11-10-17(16-9-4-12-19-16)20-15-8-3-6-13-5-2-7-14(13)15/h3-4,6,8-9,12,17-18H,2,5,7,10-11H2,1H3/t17-/m0/s1. The van der Waals surface area contributed by atoms with E-state index in [1.165, 1.54) is 24.0 Å². The third-order valence-corrected chi connectivity index (χ3v) is 3.89. The second-order valence-corrected chi connectivity index (χ2v) is 5.26. The van der Waals surface area contributed by atoms with Gasteiger partial charge in [-0.3, -0.25) is 0 Å². The molecule has 1 atom stereocenters. The van der Waals surface area contributed by atoms with E-state index in [1.54, 1.807) is 6.26 Å². The Hall–Kier alpha value is -1.74. The molecule has 20 heavy (non-hydrogen) atoms. The Morgan fingerprint density at radius 3 is 3.00 bits per heavy atom. The predicted octanol–water partition coefficient (Wildman–Crippen LogP) is 3.50. The highest BCUT2D eigenvalue weighted by Gasteiger charge is 2.20. The van der Waals surface area contributed by atoms with Gasteiger partial charge in [-0.25, -0.2) is 0 Å². The van der Waals surface area contributed by atoms with Gasteiger partial charge in [-0.1, -0.05) is 12.1 Å². The maximum Gasteiger partial charge on any atom is 0.157 e. The summed E-state index contributed by atoms with van der Waals surface area (Å²) in [4.78, 5) is 0. The molecule has 1 aromatic heterocycles. The lowest BCUT2D eigenvalue weighted by Gasteiger charge is -2.19. The SMILES string of the molecule is CNCC[C@H](Oc1cccc2c1CCC2)c1ccco1. The van der Waals surface area contributed by atoms with Gasteiger partial charge in [0.15, 0.2) is 6.10 Å². The zero-order valence-electron chi connectivity index (χ0n) is 11.9. The van der Waals surface area contributed by atoms with E-state index in [0.717, 1.165) is 30.9 Å². The van der Waals surface area contributed by atoms with Gasteiger partial charge in [0, 0.05) is 6.42 Å². The van der Waals surface area contributed by atoms with Crippen LogP contribution in [0.1, 0.15) is 35.8 Å². The highest BCUT2D eigenvalue weighted by Crippen LogP contribution is 2.34. The van der Waals surface area contributed by atoms with Crippen molar-refractivity contribution < 1.29 is 9.15 Å². The molecule has 0 bridgehead atoms. The van der Waals surface area contributed by atoms with Crippen LogP contribution < -0.4 is 10.1 Å². The van der Waals surface area contributed by atoms with E-state index in [9.17, 15) is 0 Å². The van der Waals surface area contributed by atoms with Crippen LogP contribution in [0, 0.1) is 0 Å². The van der Waals surface area contributed by atoms with Crippen LogP contribution in [0.5, 0.6) is 5.75 Å². The molecule has 0 unspecified atom stereocenters. The summed E-state index contributed by atoms with van der Waals surface area (Å²) in [6.45, 7) is 0.903. The lowest BCUT2D eigenvalue weighted by molar-refractivity contribution is 0.165. The Balaban J connectivity index is 1.81. The summed E-state index contributed by atoms with van der Waals surface area (Å²) < 4.78 is 11.8. The molecule has 0 saturated carbocycles. The highest BCUT2D eigenvalue weighted by atomic mass is 16.5. The molecule has 1 N–H and O–H groups in total. The van der Waals surface area contributed by atoms with E-state index in [2.05, 4.69) is 23.5 Å². The van der Waals surface area contributed by atoms with Gasteiger partial charge in [0.2, 0.25) is 0 Å². The van der Waals surface area contributed by atoms with Crippen molar-refractivity contribution in [2.24, 2.45) is 0 Å². The number of hydrogen-bond donors (Lipinski definition) is 1. The fourth-order valence-corrected chi connectivity index (χ4v) is 2.86. The summed E-state index contributed by atoms with van der Waals surface area (Å²) in [7, 11) is 1.96. The molecule has 1 heterocycles. The average molecular weight is 271 g/mol. The lowest BCUT2D eigenvalue weighted by atomic mass is 10.1. The Morgan fingerprint density at radius 1 is 1.25 bits per heavy atom. The van der Waals surface area contributed by atoms with Crippen LogP contribution in [0.2, 0.25) is 0 Å². The summed E-state index contributed by atoms with van der Waals surface area (Å²) in [6, 6.07) is 10.3. The van der Waals surface area contributed by atoms with E-state index in [1.807, 2.05) is 19.2 Å². The molecule has 106 valence electrons. The minimum atomic E-state index is -0.0236. The molecular formula is C17H21NO2. The number of hydrogen-bond acceptors (Lipinski definition) is 3. The van der Waals surface area contributed by atoms with Crippen molar-refractivity contribution in [2.75, 3.05) is 13.6 Å². The van der Waals surface area contributed by atoms with Crippen LogP contribution >= 0.6 is 0 Å². The first-order valence-electron chi connectivity index (χ1n) is 7.34. The summed E-state index contributed by atoms with van der Waals surface area (Å²) in [5, 5.41) is 3.18. The molecule has 1 aliphatic rings. The zero-order valence-corrected chi connectivity index (χ0v) is 11.9. The van der Waals surface area contributed by atoms with Crippen LogP contribution in [0.4, 0.5) is 0 Å². The number of ether oxygens (including phenoxy) is 1. The highest BCUT2D eigenvalue weighted by molar-refractivity contribution is 5.43. The molecule has 0 saturated heterocycles. The van der Waals surface area contributed by atoms with Crippen molar-refractivity contribution in [1.29, 1.82) is 0 Å². The summed E-state index contributed by atoms with van der Waals surface area (Å²) >= 11 is 0. The summed E-state index contributed by atoms with van der Waals surface area (Å²) in [5.74, 6) is 1.92.